The molecule has 0 spiro atoms. The van der Waals surface area contributed by atoms with Crippen LogP contribution in [0.4, 0.5) is 0 Å². The first kappa shape index (κ1) is 16.5. The molecule has 0 saturated carbocycles. The molecule has 1 aliphatic rings. The Balaban J connectivity index is 1.47. The van der Waals surface area contributed by atoms with Crippen LogP contribution in [-0.4, -0.2) is 15.4 Å². The average Bonchev–Trinajstić information content (AvgIpc) is 3.25. The lowest BCUT2D eigenvalue weighted by Gasteiger charge is -2.19. The van der Waals surface area contributed by atoms with Crippen molar-refractivity contribution in [1.29, 1.82) is 0 Å². The van der Waals surface area contributed by atoms with Gasteiger partial charge in [0.15, 0.2) is 4.96 Å². The fourth-order valence-electron chi connectivity index (χ4n) is 3.22. The normalized spacial score (nSPS) is 16.8. The highest BCUT2D eigenvalue weighted by atomic mass is 32.1. The van der Waals surface area contributed by atoms with Crippen molar-refractivity contribution >= 4 is 33.6 Å². The molecule has 25 heavy (non-hydrogen) atoms. The third-order valence-electron chi connectivity index (χ3n) is 4.67. The third-order valence-corrected chi connectivity index (χ3v) is 6.64. The molecule has 5 nitrogen and oxygen atoms in total. The SMILES string of the molecule is CC[C@@H]1CCc2sc(C(=O)OCc3cc(=O)n4ccsc4n3)cc2C1. The first-order chi connectivity index (χ1) is 12.1. The van der Waals surface area contributed by atoms with Crippen molar-refractivity contribution in [2.75, 3.05) is 0 Å². The number of thiophene rings is 1. The van der Waals surface area contributed by atoms with Crippen molar-refractivity contribution in [3.63, 3.8) is 0 Å². The van der Waals surface area contributed by atoms with Gasteiger partial charge in [-0.2, -0.15) is 0 Å². The van der Waals surface area contributed by atoms with E-state index in [9.17, 15) is 9.59 Å². The molecule has 0 aliphatic heterocycles. The number of ether oxygens (including phenoxy) is 1. The zero-order valence-corrected chi connectivity index (χ0v) is 15.5. The van der Waals surface area contributed by atoms with Gasteiger partial charge in [-0.05, 0) is 36.8 Å². The molecular weight excluding hydrogens is 356 g/mol. The van der Waals surface area contributed by atoms with E-state index in [0.29, 0.717) is 15.5 Å². The molecule has 0 aromatic carbocycles. The van der Waals surface area contributed by atoms with Crippen molar-refractivity contribution in [2.45, 2.75) is 39.2 Å². The summed E-state index contributed by atoms with van der Waals surface area (Å²) in [6, 6.07) is 3.40. The van der Waals surface area contributed by atoms with Crippen LogP contribution in [0.1, 0.15) is 45.6 Å². The number of fused-ring (bicyclic) bond motifs is 2. The number of thiazole rings is 1. The number of hydrogen-bond acceptors (Lipinski definition) is 6. The minimum atomic E-state index is -0.333. The van der Waals surface area contributed by atoms with Gasteiger partial charge in [0.05, 0.1) is 5.69 Å². The second kappa shape index (κ2) is 6.72. The van der Waals surface area contributed by atoms with E-state index in [2.05, 4.69) is 11.9 Å². The molecule has 0 saturated heterocycles. The van der Waals surface area contributed by atoms with Crippen LogP contribution in [0.15, 0.2) is 28.5 Å². The number of carbonyl (C=O) groups is 1. The third kappa shape index (κ3) is 3.26. The first-order valence-corrected chi connectivity index (χ1v) is 10.1. The standard InChI is InChI=1S/C18H18N2O3S2/c1-2-11-3-4-14-12(7-11)8-15(25-14)17(22)23-10-13-9-16(21)20-5-6-24-18(20)19-13/h5-6,8-9,11H,2-4,7,10H2,1H3/t11-/m1/s1. The van der Waals surface area contributed by atoms with Crippen LogP contribution in [0, 0.1) is 5.92 Å². The van der Waals surface area contributed by atoms with E-state index in [1.165, 1.54) is 56.4 Å². The predicted molar refractivity (Wildman–Crippen MR) is 98.6 cm³/mol. The Bertz CT molecular complexity index is 986. The lowest BCUT2D eigenvalue weighted by molar-refractivity contribution is 0.0473. The highest BCUT2D eigenvalue weighted by molar-refractivity contribution is 7.15. The maximum atomic E-state index is 12.4. The number of esters is 1. The molecule has 0 radical (unpaired) electrons. The van der Waals surface area contributed by atoms with E-state index in [-0.39, 0.29) is 18.1 Å². The summed E-state index contributed by atoms with van der Waals surface area (Å²) in [6.07, 6.45) is 6.18. The summed E-state index contributed by atoms with van der Waals surface area (Å²) in [7, 11) is 0. The maximum absolute atomic E-state index is 12.4. The molecule has 3 aromatic rings. The quantitative estimate of drug-likeness (QED) is 0.654. The van der Waals surface area contributed by atoms with Gasteiger partial charge in [0.1, 0.15) is 11.5 Å². The second-order valence-corrected chi connectivity index (χ2v) is 8.30. The van der Waals surface area contributed by atoms with Crippen molar-refractivity contribution in [1.82, 2.24) is 9.38 Å². The Kier molecular flexibility index (Phi) is 4.43. The molecule has 0 bridgehead atoms. The number of nitrogens with zero attached hydrogens (tertiary/aromatic N) is 2. The van der Waals surface area contributed by atoms with E-state index < -0.39 is 0 Å². The van der Waals surface area contributed by atoms with Crippen molar-refractivity contribution < 1.29 is 9.53 Å². The van der Waals surface area contributed by atoms with Gasteiger partial charge >= 0.3 is 5.97 Å². The van der Waals surface area contributed by atoms with Gasteiger partial charge in [-0.25, -0.2) is 9.78 Å². The molecular formula is C18H18N2O3S2. The Labute approximate surface area is 152 Å². The Morgan fingerprint density at radius 1 is 1.44 bits per heavy atom. The molecule has 3 heterocycles. The van der Waals surface area contributed by atoms with E-state index in [1.54, 1.807) is 11.6 Å². The first-order valence-electron chi connectivity index (χ1n) is 8.38. The molecule has 3 aromatic heterocycles. The zero-order valence-electron chi connectivity index (χ0n) is 13.9. The summed E-state index contributed by atoms with van der Waals surface area (Å²) in [6.45, 7) is 2.24. The number of aromatic nitrogens is 2. The lowest BCUT2D eigenvalue weighted by Crippen LogP contribution is -2.14. The fourth-order valence-corrected chi connectivity index (χ4v) is 5.06. The van der Waals surface area contributed by atoms with Crippen LogP contribution in [0.2, 0.25) is 0 Å². The average molecular weight is 374 g/mol. The van der Waals surface area contributed by atoms with Crippen LogP contribution < -0.4 is 5.56 Å². The van der Waals surface area contributed by atoms with E-state index in [1.807, 2.05) is 6.07 Å². The minimum absolute atomic E-state index is 0.0165. The number of rotatable bonds is 4. The number of carbonyl (C=O) groups excluding carboxylic acids is 1. The summed E-state index contributed by atoms with van der Waals surface area (Å²) < 4.78 is 6.87. The van der Waals surface area contributed by atoms with Gasteiger partial charge in [0, 0.05) is 22.5 Å². The van der Waals surface area contributed by atoms with Gasteiger partial charge in [0.25, 0.3) is 5.56 Å². The van der Waals surface area contributed by atoms with Crippen LogP contribution >= 0.6 is 22.7 Å². The van der Waals surface area contributed by atoms with Gasteiger partial charge in [-0.15, -0.1) is 22.7 Å². The van der Waals surface area contributed by atoms with Gasteiger partial charge in [0.2, 0.25) is 0 Å². The largest absolute Gasteiger partial charge is 0.455 e. The van der Waals surface area contributed by atoms with Crippen molar-refractivity contribution in [3.05, 3.63) is 55.1 Å². The molecule has 0 N–H and O–H groups in total. The molecule has 1 atom stereocenters. The van der Waals surface area contributed by atoms with E-state index in [0.717, 1.165) is 18.8 Å². The molecule has 0 amide bonds. The summed E-state index contributed by atoms with van der Waals surface area (Å²) in [5.74, 6) is 0.390. The van der Waals surface area contributed by atoms with E-state index >= 15 is 0 Å². The highest BCUT2D eigenvalue weighted by Gasteiger charge is 2.22. The zero-order chi connectivity index (χ0) is 17.4. The Hall–Kier alpha value is -1.99. The van der Waals surface area contributed by atoms with Gasteiger partial charge in [-0.3, -0.25) is 9.20 Å². The maximum Gasteiger partial charge on any atom is 0.348 e. The van der Waals surface area contributed by atoms with Crippen LogP contribution in [-0.2, 0) is 24.2 Å². The van der Waals surface area contributed by atoms with Crippen molar-refractivity contribution in [3.8, 4) is 0 Å². The Morgan fingerprint density at radius 3 is 3.16 bits per heavy atom. The molecule has 4 rings (SSSR count). The number of aryl methyl sites for hydroxylation is 1. The summed E-state index contributed by atoms with van der Waals surface area (Å²) in [5.41, 5.74) is 1.62. The predicted octanol–water partition coefficient (Wildman–Crippen LogP) is 3.69. The minimum Gasteiger partial charge on any atom is -0.455 e. The summed E-state index contributed by atoms with van der Waals surface area (Å²) >= 11 is 2.92. The van der Waals surface area contributed by atoms with Gasteiger partial charge in [-0.1, -0.05) is 13.3 Å². The van der Waals surface area contributed by atoms with E-state index in [4.69, 9.17) is 4.74 Å². The summed E-state index contributed by atoms with van der Waals surface area (Å²) in [5, 5.41) is 1.80. The number of hydrogen-bond donors (Lipinski definition) is 0. The smallest absolute Gasteiger partial charge is 0.348 e. The molecule has 0 unspecified atom stereocenters. The molecule has 0 fully saturated rings. The molecule has 130 valence electrons. The summed E-state index contributed by atoms with van der Waals surface area (Å²) in [4.78, 5) is 31.2. The lowest BCUT2D eigenvalue weighted by atomic mass is 9.87. The molecule has 1 aliphatic carbocycles. The van der Waals surface area contributed by atoms with Crippen LogP contribution in [0.25, 0.3) is 4.96 Å². The Morgan fingerprint density at radius 2 is 2.32 bits per heavy atom. The van der Waals surface area contributed by atoms with Gasteiger partial charge < -0.3 is 4.74 Å². The van der Waals surface area contributed by atoms with Crippen LogP contribution in [0.5, 0.6) is 0 Å². The topological polar surface area (TPSA) is 60.7 Å². The molecule has 7 heteroatoms. The second-order valence-electron chi connectivity index (χ2n) is 6.29. The van der Waals surface area contributed by atoms with Crippen molar-refractivity contribution in [2.24, 2.45) is 5.92 Å². The highest BCUT2D eigenvalue weighted by Crippen LogP contribution is 2.33. The monoisotopic (exact) mass is 374 g/mol. The fraction of sp³-hybridized carbons (Fsp3) is 0.389. The van der Waals surface area contributed by atoms with Crippen LogP contribution in [0.3, 0.4) is 0 Å².